The van der Waals surface area contributed by atoms with Crippen molar-refractivity contribution < 1.29 is 1.43 Å². The van der Waals surface area contributed by atoms with Gasteiger partial charge in [-0.05, 0) is 70.6 Å². The molecule has 2 atom stereocenters. The van der Waals surface area contributed by atoms with Crippen molar-refractivity contribution in [3.8, 4) is 0 Å². The third kappa shape index (κ3) is 11.9. The molecule has 0 saturated heterocycles. The van der Waals surface area contributed by atoms with Crippen LogP contribution in [-0.4, -0.2) is 0 Å². The van der Waals surface area contributed by atoms with E-state index in [1.54, 1.807) is 0 Å². The Morgan fingerprint density at radius 2 is 0.756 bits per heavy atom. The maximum absolute atomic E-state index is 2.28. The Balaban J connectivity index is 0.000000186. The lowest BCUT2D eigenvalue weighted by Crippen LogP contribution is -1.97. The zero-order valence-electron chi connectivity index (χ0n) is 27.0. The second kappa shape index (κ2) is 18.7. The van der Waals surface area contributed by atoms with E-state index in [9.17, 15) is 0 Å². The van der Waals surface area contributed by atoms with E-state index >= 15 is 0 Å². The average molecular weight is 589 g/mol. The minimum atomic E-state index is 0. The van der Waals surface area contributed by atoms with Crippen molar-refractivity contribution in [3.63, 3.8) is 0 Å². The van der Waals surface area contributed by atoms with Crippen molar-refractivity contribution in [3.05, 3.63) is 215 Å². The van der Waals surface area contributed by atoms with Gasteiger partial charge in [0.1, 0.15) is 0 Å². The van der Waals surface area contributed by atoms with Gasteiger partial charge in [-0.1, -0.05) is 202 Å². The molecule has 0 heterocycles. The first kappa shape index (κ1) is 33.0. The molecule has 0 N–H and O–H groups in total. The molecule has 228 valence electrons. The van der Waals surface area contributed by atoms with E-state index in [0.29, 0.717) is 11.8 Å². The quantitative estimate of drug-likeness (QED) is 0.155. The number of rotatable bonds is 8. The summed E-state index contributed by atoms with van der Waals surface area (Å²) in [6.45, 7) is 6.70. The molecule has 0 nitrogen and oxygen atoms in total. The monoisotopic (exact) mass is 588 g/mol. The van der Waals surface area contributed by atoms with Gasteiger partial charge in [-0.25, -0.2) is 0 Å². The summed E-state index contributed by atoms with van der Waals surface area (Å²) in [5.74, 6) is 1.18. The zero-order valence-corrected chi connectivity index (χ0v) is 27.0. The van der Waals surface area contributed by atoms with Crippen molar-refractivity contribution in [2.45, 2.75) is 45.4 Å². The molecule has 0 heteroatoms. The minimum Gasteiger partial charge on any atom is -0.0622 e. The van der Waals surface area contributed by atoms with Crippen LogP contribution >= 0.6 is 0 Å². The molecule has 0 aliphatic heterocycles. The topological polar surface area (TPSA) is 0 Å². The van der Waals surface area contributed by atoms with Crippen LogP contribution in [0.15, 0.2) is 182 Å². The zero-order chi connectivity index (χ0) is 31.5. The first-order valence-electron chi connectivity index (χ1n) is 16.0. The summed E-state index contributed by atoms with van der Waals surface area (Å²) in [4.78, 5) is 0. The third-order valence-corrected chi connectivity index (χ3v) is 7.92. The fraction of sp³-hybridized carbons (Fsp3) is 0.156. The molecule has 0 saturated carbocycles. The summed E-state index contributed by atoms with van der Waals surface area (Å²) >= 11 is 0. The Bertz CT molecular complexity index is 1550. The maximum atomic E-state index is 2.28. The molecule has 0 aliphatic rings. The van der Waals surface area contributed by atoms with Gasteiger partial charge < -0.3 is 0 Å². The molecule has 0 fully saturated rings. The summed E-state index contributed by atoms with van der Waals surface area (Å²) in [6, 6.07) is 63.5. The van der Waals surface area contributed by atoms with Crippen LogP contribution in [0.3, 0.4) is 0 Å². The van der Waals surface area contributed by atoms with Gasteiger partial charge in [-0.2, -0.15) is 0 Å². The molecule has 6 rings (SSSR count). The van der Waals surface area contributed by atoms with Crippen LogP contribution in [0.5, 0.6) is 0 Å². The van der Waals surface area contributed by atoms with Crippen LogP contribution in [-0.2, 0) is 12.8 Å². The van der Waals surface area contributed by atoms with E-state index in [2.05, 4.69) is 197 Å². The molecule has 0 bridgehead atoms. The Kier molecular flexibility index (Phi) is 13.7. The Labute approximate surface area is 273 Å². The molecule has 0 amide bonds. The Morgan fingerprint density at radius 3 is 1.13 bits per heavy atom. The average Bonchev–Trinajstić information content (AvgIpc) is 3.11. The highest BCUT2D eigenvalue weighted by molar-refractivity contribution is 5.79. The predicted molar refractivity (Wildman–Crippen MR) is 199 cm³/mol. The van der Waals surface area contributed by atoms with E-state index in [0.717, 1.165) is 12.8 Å². The summed E-state index contributed by atoms with van der Waals surface area (Å²) in [7, 11) is 0. The van der Waals surface area contributed by atoms with Crippen LogP contribution in [0.2, 0.25) is 0 Å². The van der Waals surface area contributed by atoms with Crippen molar-refractivity contribution in [2.24, 2.45) is 0 Å². The lowest BCUT2D eigenvalue weighted by molar-refractivity contribution is 0.759. The summed E-state index contributed by atoms with van der Waals surface area (Å²) in [5, 5.41) is 0. The normalized spacial score (nSPS) is 12.0. The number of benzene rings is 6. The molecule has 6 aromatic rings. The van der Waals surface area contributed by atoms with Crippen LogP contribution in [0, 0.1) is 0 Å². The molecule has 0 aromatic heterocycles. The predicted octanol–water partition coefficient (Wildman–Crippen LogP) is 12.6. The van der Waals surface area contributed by atoms with Crippen LogP contribution < -0.4 is 0 Å². The van der Waals surface area contributed by atoms with Crippen molar-refractivity contribution >= 4 is 11.6 Å². The Morgan fingerprint density at radius 1 is 0.444 bits per heavy atom. The van der Waals surface area contributed by atoms with Crippen molar-refractivity contribution in [1.29, 1.82) is 0 Å². The molecule has 0 unspecified atom stereocenters. The highest BCUT2D eigenvalue weighted by Crippen LogP contribution is 2.21. The number of allylic oxidation sites excluding steroid dienone is 1. The first-order chi connectivity index (χ1) is 22.1. The van der Waals surface area contributed by atoms with Gasteiger partial charge >= 0.3 is 0 Å². The molecule has 0 spiro atoms. The standard InChI is InChI=1S/2C15H16.C15H14.H2/c3*1-13(15-10-6-3-7-11-15)12-14-8-4-2-5-9-14;/h2*2-11,13H,12H2,1H3;2-12H,1H3;1H/b;;13-12+;/t2*13-;;/m10../s1. The fourth-order valence-corrected chi connectivity index (χ4v) is 5.32. The van der Waals surface area contributed by atoms with Gasteiger partial charge in [0.25, 0.3) is 0 Å². The lowest BCUT2D eigenvalue weighted by Gasteiger charge is -2.11. The van der Waals surface area contributed by atoms with Gasteiger partial charge in [0, 0.05) is 1.43 Å². The van der Waals surface area contributed by atoms with Gasteiger partial charge in [0.15, 0.2) is 0 Å². The van der Waals surface area contributed by atoms with Gasteiger partial charge in [0.2, 0.25) is 0 Å². The summed E-state index contributed by atoms with van der Waals surface area (Å²) in [5.41, 5.74) is 9.48. The summed E-state index contributed by atoms with van der Waals surface area (Å²) in [6.07, 6.45) is 4.44. The van der Waals surface area contributed by atoms with E-state index in [-0.39, 0.29) is 1.43 Å². The van der Waals surface area contributed by atoms with E-state index in [4.69, 9.17) is 0 Å². The summed E-state index contributed by atoms with van der Waals surface area (Å²) < 4.78 is 0. The van der Waals surface area contributed by atoms with E-state index < -0.39 is 0 Å². The lowest BCUT2D eigenvalue weighted by atomic mass is 9.94. The fourth-order valence-electron chi connectivity index (χ4n) is 5.32. The smallest absolute Gasteiger partial charge is 0 e. The maximum Gasteiger partial charge on any atom is 0 e. The van der Waals surface area contributed by atoms with Crippen molar-refractivity contribution in [1.82, 2.24) is 0 Å². The highest BCUT2D eigenvalue weighted by Gasteiger charge is 2.06. The minimum absolute atomic E-state index is 0. The van der Waals surface area contributed by atoms with Crippen LogP contribution in [0.1, 0.15) is 67.4 Å². The highest BCUT2D eigenvalue weighted by atomic mass is 14.1. The second-order valence-electron chi connectivity index (χ2n) is 11.6. The molecule has 6 aromatic carbocycles. The van der Waals surface area contributed by atoms with Gasteiger partial charge in [0.05, 0.1) is 0 Å². The molecule has 45 heavy (non-hydrogen) atoms. The Hall–Kier alpha value is -4.94. The molecule has 0 radical (unpaired) electrons. The van der Waals surface area contributed by atoms with E-state index in [1.807, 2.05) is 12.1 Å². The number of hydrogen-bond acceptors (Lipinski definition) is 0. The van der Waals surface area contributed by atoms with Gasteiger partial charge in [-0.15, -0.1) is 0 Å². The van der Waals surface area contributed by atoms with Crippen LogP contribution in [0.25, 0.3) is 11.6 Å². The third-order valence-electron chi connectivity index (χ3n) is 7.92. The molecular formula is C45H48. The molecule has 0 aliphatic carbocycles. The SMILES string of the molecule is C/C(=C\c1ccccc1)c1ccccc1.C[C@@H](Cc1ccccc1)c1ccccc1.C[C@H](Cc1ccccc1)c1ccccc1.[HH]. The second-order valence-corrected chi connectivity index (χ2v) is 11.6. The number of hydrogen-bond donors (Lipinski definition) is 0. The van der Waals surface area contributed by atoms with Crippen molar-refractivity contribution in [2.75, 3.05) is 0 Å². The van der Waals surface area contributed by atoms with Crippen LogP contribution in [0.4, 0.5) is 0 Å². The van der Waals surface area contributed by atoms with Gasteiger partial charge in [-0.3, -0.25) is 0 Å². The molecular weight excluding hydrogens is 540 g/mol. The largest absolute Gasteiger partial charge is 0.0622 e. The van der Waals surface area contributed by atoms with E-state index in [1.165, 1.54) is 39.0 Å². The first-order valence-corrected chi connectivity index (χ1v) is 16.0.